The Hall–Kier alpha value is -1.19. The quantitative estimate of drug-likeness (QED) is 0.704. The smallest absolute Gasteiger partial charge is 0.178 e. The van der Waals surface area contributed by atoms with Gasteiger partial charge in [0.15, 0.2) is 5.78 Å². The molecular formula is C24H36O3. The van der Waals surface area contributed by atoms with Gasteiger partial charge in [0.2, 0.25) is 0 Å². The predicted molar refractivity (Wildman–Crippen MR) is 109 cm³/mol. The highest BCUT2D eigenvalue weighted by molar-refractivity contribution is 6.01. The Morgan fingerprint density at radius 1 is 1.30 bits per heavy atom. The topological polar surface area (TPSA) is 57.5 Å². The van der Waals surface area contributed by atoms with Gasteiger partial charge in [-0.05, 0) is 66.6 Å². The highest BCUT2D eigenvalue weighted by Gasteiger charge is 2.51. The summed E-state index contributed by atoms with van der Waals surface area (Å²) in [6, 6.07) is 0. The maximum atomic E-state index is 12.0. The highest BCUT2D eigenvalue weighted by Crippen LogP contribution is 2.57. The highest BCUT2D eigenvalue weighted by atomic mass is 16.3. The van der Waals surface area contributed by atoms with E-state index in [4.69, 9.17) is 0 Å². The molecule has 0 heterocycles. The third-order valence-electron chi connectivity index (χ3n) is 8.27. The Morgan fingerprint density at radius 3 is 2.67 bits per heavy atom. The second kappa shape index (κ2) is 7.33. The number of rotatable bonds is 2. The molecule has 0 saturated heterocycles. The lowest BCUT2D eigenvalue weighted by atomic mass is 9.53. The zero-order valence-electron chi connectivity index (χ0n) is 17.4. The molecule has 0 amide bonds. The summed E-state index contributed by atoms with van der Waals surface area (Å²) in [5.41, 5.74) is 1.69. The van der Waals surface area contributed by atoms with Gasteiger partial charge < -0.3 is 10.2 Å². The van der Waals surface area contributed by atoms with Gasteiger partial charge in [-0.1, -0.05) is 52.3 Å². The molecule has 6 unspecified atom stereocenters. The van der Waals surface area contributed by atoms with Crippen LogP contribution in [-0.2, 0) is 4.79 Å². The molecule has 0 bridgehead atoms. The third kappa shape index (κ3) is 3.38. The van der Waals surface area contributed by atoms with Crippen LogP contribution >= 0.6 is 0 Å². The van der Waals surface area contributed by atoms with Gasteiger partial charge in [0.05, 0.1) is 12.7 Å². The molecule has 0 aromatic carbocycles. The summed E-state index contributed by atoms with van der Waals surface area (Å²) in [7, 11) is 0. The molecule has 0 radical (unpaired) electrons. The van der Waals surface area contributed by atoms with Crippen LogP contribution in [0.25, 0.3) is 0 Å². The predicted octanol–water partition coefficient (Wildman–Crippen LogP) is 4.46. The first kappa shape index (κ1) is 20.5. The molecule has 3 nitrogen and oxygen atoms in total. The van der Waals surface area contributed by atoms with E-state index in [-0.39, 0.29) is 35.1 Å². The van der Waals surface area contributed by atoms with Crippen LogP contribution < -0.4 is 0 Å². The lowest BCUT2D eigenvalue weighted by Gasteiger charge is -2.52. The van der Waals surface area contributed by atoms with Crippen LogP contribution in [0.2, 0.25) is 0 Å². The van der Waals surface area contributed by atoms with Gasteiger partial charge in [-0.3, -0.25) is 4.79 Å². The minimum absolute atomic E-state index is 0.0102. The second-order valence-electron chi connectivity index (χ2n) is 9.82. The fourth-order valence-corrected chi connectivity index (χ4v) is 6.37. The van der Waals surface area contributed by atoms with Crippen molar-refractivity contribution in [2.75, 3.05) is 6.61 Å². The standard InChI is InChI=1S/C24H36O3/c1-15-11-18-7-6-9-23(4,17(3)14-25)16(2)12-21(27)22(18)24(5)10-8-19(26)13-20(15)24/h8,10,13,15-16,18,21-22,25,27H,3,6-7,9,11-12,14H2,1-2,4-5H3/t15-,16?,18?,21?,22?,23?,24?/m0/s1. The van der Waals surface area contributed by atoms with E-state index in [1.54, 1.807) is 6.08 Å². The van der Waals surface area contributed by atoms with Crippen molar-refractivity contribution < 1.29 is 15.0 Å². The van der Waals surface area contributed by atoms with E-state index >= 15 is 0 Å². The Morgan fingerprint density at radius 2 is 2.00 bits per heavy atom. The molecule has 3 heteroatoms. The molecule has 150 valence electrons. The van der Waals surface area contributed by atoms with Crippen molar-refractivity contribution in [3.05, 3.63) is 36.0 Å². The zero-order chi connectivity index (χ0) is 20.0. The molecule has 0 spiro atoms. The first-order valence-electron chi connectivity index (χ1n) is 10.6. The van der Waals surface area contributed by atoms with Crippen molar-refractivity contribution in [1.29, 1.82) is 0 Å². The lowest BCUT2D eigenvalue weighted by molar-refractivity contribution is -0.111. The van der Waals surface area contributed by atoms with E-state index in [9.17, 15) is 15.0 Å². The maximum absolute atomic E-state index is 12.0. The molecule has 2 saturated carbocycles. The van der Waals surface area contributed by atoms with Crippen molar-refractivity contribution in [3.63, 3.8) is 0 Å². The first-order chi connectivity index (χ1) is 12.6. The van der Waals surface area contributed by atoms with Gasteiger partial charge >= 0.3 is 0 Å². The molecule has 7 atom stereocenters. The number of ketones is 1. The molecule has 0 aliphatic heterocycles. The monoisotopic (exact) mass is 372 g/mol. The van der Waals surface area contributed by atoms with Crippen LogP contribution in [0.5, 0.6) is 0 Å². The SMILES string of the molecule is C=C(CO)C1(C)CCCC2C[C@H](C)C3=CC(=O)C=CC3(C)C2C(O)CC1C. The molecule has 3 aliphatic rings. The van der Waals surface area contributed by atoms with Crippen molar-refractivity contribution >= 4 is 5.78 Å². The largest absolute Gasteiger partial charge is 0.393 e. The summed E-state index contributed by atoms with van der Waals surface area (Å²) >= 11 is 0. The first-order valence-corrected chi connectivity index (χ1v) is 10.6. The van der Waals surface area contributed by atoms with Gasteiger partial charge in [0.25, 0.3) is 0 Å². The van der Waals surface area contributed by atoms with Crippen LogP contribution in [0.4, 0.5) is 0 Å². The summed E-state index contributed by atoms with van der Waals surface area (Å²) in [5, 5.41) is 21.1. The number of hydrogen-bond acceptors (Lipinski definition) is 3. The van der Waals surface area contributed by atoms with E-state index in [2.05, 4.69) is 40.3 Å². The average molecular weight is 373 g/mol. The summed E-state index contributed by atoms with van der Waals surface area (Å²) in [4.78, 5) is 12.0. The summed E-state index contributed by atoms with van der Waals surface area (Å²) in [5.74, 6) is 1.28. The second-order valence-corrected chi connectivity index (χ2v) is 9.82. The molecule has 0 aromatic rings. The van der Waals surface area contributed by atoms with Crippen molar-refractivity contribution in [2.45, 2.75) is 65.9 Å². The van der Waals surface area contributed by atoms with Crippen molar-refractivity contribution in [3.8, 4) is 0 Å². The van der Waals surface area contributed by atoms with Crippen molar-refractivity contribution in [2.24, 2.45) is 34.5 Å². The number of carbonyl (C=O) groups is 1. The lowest BCUT2D eigenvalue weighted by Crippen LogP contribution is -2.48. The summed E-state index contributed by atoms with van der Waals surface area (Å²) in [6.45, 7) is 13.0. The Balaban J connectivity index is 1.98. The molecule has 2 N–H and O–H groups in total. The molecule has 2 fully saturated rings. The molecule has 3 rings (SSSR count). The number of hydrogen-bond donors (Lipinski definition) is 2. The normalized spacial score (nSPS) is 45.0. The fourth-order valence-electron chi connectivity index (χ4n) is 6.37. The molecule has 3 aliphatic carbocycles. The van der Waals surface area contributed by atoms with Crippen LogP contribution in [0.3, 0.4) is 0 Å². The van der Waals surface area contributed by atoms with Gasteiger partial charge in [-0.2, -0.15) is 0 Å². The van der Waals surface area contributed by atoms with E-state index in [1.807, 2.05) is 6.08 Å². The number of aliphatic hydroxyl groups excluding tert-OH is 2. The van der Waals surface area contributed by atoms with Gasteiger partial charge in [-0.25, -0.2) is 0 Å². The summed E-state index contributed by atoms with van der Waals surface area (Å²) < 4.78 is 0. The number of fused-ring (bicyclic) bond motifs is 3. The van der Waals surface area contributed by atoms with Crippen LogP contribution in [0.15, 0.2) is 36.0 Å². The molecule has 0 aromatic heterocycles. The van der Waals surface area contributed by atoms with Gasteiger partial charge in [0, 0.05) is 11.3 Å². The fraction of sp³-hybridized carbons (Fsp3) is 0.708. The molecule has 27 heavy (non-hydrogen) atoms. The van der Waals surface area contributed by atoms with Crippen LogP contribution in [-0.4, -0.2) is 28.7 Å². The maximum Gasteiger partial charge on any atom is 0.178 e. The average Bonchev–Trinajstić information content (AvgIpc) is 2.65. The minimum atomic E-state index is -0.423. The van der Waals surface area contributed by atoms with Gasteiger partial charge in [-0.15, -0.1) is 0 Å². The van der Waals surface area contributed by atoms with Crippen LogP contribution in [0, 0.1) is 34.5 Å². The third-order valence-corrected chi connectivity index (χ3v) is 8.27. The Bertz CT molecular complexity index is 675. The van der Waals surface area contributed by atoms with E-state index < -0.39 is 6.10 Å². The van der Waals surface area contributed by atoms with Crippen molar-refractivity contribution in [1.82, 2.24) is 0 Å². The molecular weight excluding hydrogens is 336 g/mol. The number of allylic oxidation sites excluding steroid dienone is 4. The number of carbonyl (C=O) groups excluding carboxylic acids is 1. The number of aliphatic hydroxyl groups is 2. The van der Waals surface area contributed by atoms with Gasteiger partial charge in [0.1, 0.15) is 0 Å². The van der Waals surface area contributed by atoms with E-state index in [0.717, 1.165) is 31.3 Å². The Labute approximate surface area is 164 Å². The summed E-state index contributed by atoms with van der Waals surface area (Å²) in [6.07, 6.45) is 10.1. The van der Waals surface area contributed by atoms with E-state index in [1.165, 1.54) is 5.57 Å². The Kier molecular flexibility index (Phi) is 5.58. The van der Waals surface area contributed by atoms with E-state index in [0.29, 0.717) is 18.3 Å². The van der Waals surface area contributed by atoms with Crippen LogP contribution in [0.1, 0.15) is 59.8 Å². The minimum Gasteiger partial charge on any atom is -0.393 e. The zero-order valence-corrected chi connectivity index (χ0v) is 17.4.